The highest BCUT2D eigenvalue weighted by molar-refractivity contribution is 6.31. The van der Waals surface area contributed by atoms with Crippen LogP contribution in [0, 0.1) is 6.92 Å². The van der Waals surface area contributed by atoms with Gasteiger partial charge in [-0.25, -0.2) is 4.79 Å². The van der Waals surface area contributed by atoms with Crippen LogP contribution in [0.4, 0.5) is 0 Å². The fourth-order valence-corrected chi connectivity index (χ4v) is 1.94. The topological polar surface area (TPSA) is 66.4 Å². The number of carboxylic acid groups (broad SMARTS) is 1. The summed E-state index contributed by atoms with van der Waals surface area (Å²) < 4.78 is 0. The Morgan fingerprint density at radius 3 is 2.68 bits per heavy atom. The molecule has 0 radical (unpaired) electrons. The van der Waals surface area contributed by atoms with Gasteiger partial charge < -0.3 is 10.4 Å². The summed E-state index contributed by atoms with van der Waals surface area (Å²) >= 11 is 5.87. The number of rotatable bonds is 6. The van der Waals surface area contributed by atoms with Crippen LogP contribution in [0.15, 0.2) is 30.9 Å². The zero-order valence-corrected chi connectivity index (χ0v) is 11.4. The van der Waals surface area contributed by atoms with Crippen LogP contribution in [0.5, 0.6) is 0 Å². The largest absolute Gasteiger partial charge is 0.480 e. The van der Waals surface area contributed by atoms with E-state index >= 15 is 0 Å². The van der Waals surface area contributed by atoms with Crippen LogP contribution < -0.4 is 5.32 Å². The highest BCUT2D eigenvalue weighted by Gasteiger charge is 2.20. The molecule has 1 unspecified atom stereocenters. The maximum Gasteiger partial charge on any atom is 0.326 e. The zero-order chi connectivity index (χ0) is 14.4. The fourth-order valence-electron chi connectivity index (χ4n) is 1.65. The van der Waals surface area contributed by atoms with Gasteiger partial charge in [0.15, 0.2) is 0 Å². The quantitative estimate of drug-likeness (QED) is 0.788. The number of hydrogen-bond acceptors (Lipinski definition) is 2. The van der Waals surface area contributed by atoms with Gasteiger partial charge in [0.05, 0.1) is 0 Å². The average Bonchev–Trinajstić information content (AvgIpc) is 2.32. The van der Waals surface area contributed by atoms with Crippen LogP contribution in [0.1, 0.15) is 28.8 Å². The highest BCUT2D eigenvalue weighted by atomic mass is 35.5. The lowest BCUT2D eigenvalue weighted by Crippen LogP contribution is -2.40. The van der Waals surface area contributed by atoms with Crippen molar-refractivity contribution in [2.45, 2.75) is 25.8 Å². The second kappa shape index (κ2) is 6.95. The van der Waals surface area contributed by atoms with Crippen LogP contribution >= 0.6 is 11.6 Å². The second-order valence-electron chi connectivity index (χ2n) is 4.25. The monoisotopic (exact) mass is 281 g/mol. The van der Waals surface area contributed by atoms with Gasteiger partial charge in [-0.15, -0.1) is 6.58 Å². The normalized spacial score (nSPS) is 11.7. The van der Waals surface area contributed by atoms with Gasteiger partial charge in [0.2, 0.25) is 0 Å². The minimum Gasteiger partial charge on any atom is -0.480 e. The summed E-state index contributed by atoms with van der Waals surface area (Å²) in [5.74, 6) is -1.50. The van der Waals surface area contributed by atoms with Crippen molar-refractivity contribution in [3.05, 3.63) is 47.0 Å². The molecule has 0 bridgehead atoms. The Labute approximate surface area is 117 Å². The number of aryl methyl sites for hydroxylation is 1. The molecule has 5 heteroatoms. The Morgan fingerprint density at radius 2 is 2.16 bits per heavy atom. The first kappa shape index (κ1) is 15.2. The predicted molar refractivity (Wildman–Crippen MR) is 74.5 cm³/mol. The van der Waals surface area contributed by atoms with Crippen molar-refractivity contribution in [1.82, 2.24) is 5.32 Å². The number of aliphatic carboxylic acids is 1. The molecule has 1 rings (SSSR count). The van der Waals surface area contributed by atoms with Gasteiger partial charge in [0, 0.05) is 10.6 Å². The molecule has 1 aromatic rings. The zero-order valence-electron chi connectivity index (χ0n) is 10.6. The molecule has 0 saturated heterocycles. The van der Waals surface area contributed by atoms with E-state index in [4.69, 9.17) is 16.7 Å². The van der Waals surface area contributed by atoms with Gasteiger partial charge in [-0.05, 0) is 43.5 Å². The summed E-state index contributed by atoms with van der Waals surface area (Å²) in [5.41, 5.74) is 1.20. The molecule has 1 atom stereocenters. The van der Waals surface area contributed by atoms with Crippen molar-refractivity contribution < 1.29 is 14.7 Å². The van der Waals surface area contributed by atoms with Crippen LogP contribution in [0.3, 0.4) is 0 Å². The predicted octanol–water partition coefficient (Wildman–Crippen LogP) is 2.80. The second-order valence-corrected chi connectivity index (χ2v) is 4.68. The molecule has 0 saturated carbocycles. The van der Waals surface area contributed by atoms with Gasteiger partial charge in [-0.3, -0.25) is 4.79 Å². The smallest absolute Gasteiger partial charge is 0.326 e. The molecule has 0 heterocycles. The summed E-state index contributed by atoms with van der Waals surface area (Å²) in [6.07, 6.45) is 2.45. The van der Waals surface area contributed by atoms with E-state index in [2.05, 4.69) is 11.9 Å². The number of allylic oxidation sites excluding steroid dienone is 1. The Balaban J connectivity index is 2.81. The van der Waals surface area contributed by atoms with E-state index in [1.165, 1.54) is 6.07 Å². The van der Waals surface area contributed by atoms with Crippen molar-refractivity contribution in [2.75, 3.05) is 0 Å². The van der Waals surface area contributed by atoms with E-state index in [0.29, 0.717) is 23.4 Å². The molecule has 1 aromatic carbocycles. The summed E-state index contributed by atoms with van der Waals surface area (Å²) in [6, 6.07) is 3.97. The molecule has 0 aliphatic carbocycles. The van der Waals surface area contributed by atoms with Gasteiger partial charge >= 0.3 is 5.97 Å². The number of amides is 1. The number of carbonyl (C=O) groups is 2. The lowest BCUT2D eigenvalue weighted by molar-refractivity contribution is -0.139. The summed E-state index contributed by atoms with van der Waals surface area (Å²) in [5, 5.41) is 12.0. The number of hydrogen-bond donors (Lipinski definition) is 2. The standard InChI is InChI=1S/C14H16ClNO3/c1-3-4-5-12(14(18)19)16-13(17)10-6-9(2)7-11(15)8-10/h3,6-8,12H,1,4-5H2,2H3,(H,16,17)(H,18,19). The maximum absolute atomic E-state index is 12.0. The minimum atomic E-state index is -1.06. The third kappa shape index (κ3) is 4.75. The molecule has 0 fully saturated rings. The SMILES string of the molecule is C=CCCC(NC(=O)c1cc(C)cc(Cl)c1)C(=O)O. The first-order valence-electron chi connectivity index (χ1n) is 5.85. The number of benzene rings is 1. The first-order chi connectivity index (χ1) is 8.93. The van der Waals surface area contributed by atoms with E-state index in [0.717, 1.165) is 5.56 Å². The van der Waals surface area contributed by atoms with Crippen molar-refractivity contribution in [3.8, 4) is 0 Å². The molecule has 102 valence electrons. The number of nitrogens with one attached hydrogen (secondary N) is 1. The van der Waals surface area contributed by atoms with E-state index in [1.807, 2.05) is 6.92 Å². The molecule has 19 heavy (non-hydrogen) atoms. The lowest BCUT2D eigenvalue weighted by Gasteiger charge is -2.14. The molecule has 0 aliphatic heterocycles. The summed E-state index contributed by atoms with van der Waals surface area (Å²) in [6.45, 7) is 5.34. The van der Waals surface area contributed by atoms with Gasteiger partial charge in [-0.1, -0.05) is 17.7 Å². The molecule has 2 N–H and O–H groups in total. The number of halogens is 1. The minimum absolute atomic E-state index is 0.310. The summed E-state index contributed by atoms with van der Waals surface area (Å²) in [4.78, 5) is 23.0. The Hall–Kier alpha value is -1.81. The van der Waals surface area contributed by atoms with Crippen LogP contribution in [0.25, 0.3) is 0 Å². The van der Waals surface area contributed by atoms with Crippen LogP contribution in [0.2, 0.25) is 5.02 Å². The van der Waals surface area contributed by atoms with Crippen molar-refractivity contribution in [2.24, 2.45) is 0 Å². The van der Waals surface area contributed by atoms with Gasteiger partial charge in [0.25, 0.3) is 5.91 Å². The molecular weight excluding hydrogens is 266 g/mol. The molecule has 4 nitrogen and oxygen atoms in total. The van der Waals surface area contributed by atoms with Crippen molar-refractivity contribution in [3.63, 3.8) is 0 Å². The number of carbonyl (C=O) groups excluding carboxylic acids is 1. The maximum atomic E-state index is 12.0. The van der Waals surface area contributed by atoms with Crippen LogP contribution in [-0.4, -0.2) is 23.0 Å². The molecule has 0 aliphatic rings. The highest BCUT2D eigenvalue weighted by Crippen LogP contribution is 2.14. The van der Waals surface area contributed by atoms with Crippen LogP contribution in [-0.2, 0) is 4.79 Å². The van der Waals surface area contributed by atoms with Crippen molar-refractivity contribution >= 4 is 23.5 Å². The Morgan fingerprint density at radius 1 is 1.47 bits per heavy atom. The van der Waals surface area contributed by atoms with Crippen molar-refractivity contribution in [1.29, 1.82) is 0 Å². The van der Waals surface area contributed by atoms with E-state index in [-0.39, 0.29) is 0 Å². The lowest BCUT2D eigenvalue weighted by atomic mass is 10.1. The Bertz CT molecular complexity index is 479. The molecule has 0 aromatic heterocycles. The molecular formula is C14H16ClNO3. The van der Waals surface area contributed by atoms with Gasteiger partial charge in [0.1, 0.15) is 6.04 Å². The third-order valence-corrected chi connectivity index (χ3v) is 2.79. The first-order valence-corrected chi connectivity index (χ1v) is 6.23. The average molecular weight is 282 g/mol. The molecule has 0 spiro atoms. The third-order valence-electron chi connectivity index (χ3n) is 2.57. The van der Waals surface area contributed by atoms with E-state index in [1.54, 1.807) is 18.2 Å². The fraction of sp³-hybridized carbons (Fsp3) is 0.286. The Kier molecular flexibility index (Phi) is 5.57. The van der Waals surface area contributed by atoms with Gasteiger partial charge in [-0.2, -0.15) is 0 Å². The number of carboxylic acids is 1. The molecule has 1 amide bonds. The van der Waals surface area contributed by atoms with E-state index in [9.17, 15) is 9.59 Å². The van der Waals surface area contributed by atoms with E-state index < -0.39 is 17.9 Å². The summed E-state index contributed by atoms with van der Waals surface area (Å²) in [7, 11) is 0.